The van der Waals surface area contributed by atoms with Crippen LogP contribution in [0.25, 0.3) is 77.0 Å². The fourth-order valence-corrected chi connectivity index (χ4v) is 10.5. The number of hydrogen-bond acceptors (Lipinski definition) is 1. The first-order valence-electron chi connectivity index (χ1n) is 15.6. The highest BCUT2D eigenvalue weighted by molar-refractivity contribution is 7.69. The van der Waals surface area contributed by atoms with Crippen molar-refractivity contribution >= 4 is 56.1 Å². The summed E-state index contributed by atoms with van der Waals surface area (Å²) in [7, 11) is -3.52. The van der Waals surface area contributed by atoms with Gasteiger partial charge in [0.1, 0.15) is 0 Å². The molecule has 3 nitrogen and oxygen atoms in total. The van der Waals surface area contributed by atoms with Gasteiger partial charge in [-0.1, -0.05) is 109 Å². The van der Waals surface area contributed by atoms with Crippen molar-refractivity contribution in [2.45, 2.75) is 0 Å². The summed E-state index contributed by atoms with van der Waals surface area (Å²) in [5, 5.41) is 7.63. The number of fused-ring (bicyclic) bond motifs is 9. The van der Waals surface area contributed by atoms with Crippen LogP contribution in [-0.4, -0.2) is 8.68 Å². The van der Waals surface area contributed by atoms with Gasteiger partial charge < -0.3 is 0 Å². The van der Waals surface area contributed by atoms with Crippen LogP contribution in [-0.2, 0) is 4.57 Å². The van der Waals surface area contributed by atoms with Crippen LogP contribution in [0.5, 0.6) is 0 Å². The van der Waals surface area contributed by atoms with E-state index in [9.17, 15) is 0 Å². The molecule has 216 valence electrons. The Balaban J connectivity index is 1.35. The topological polar surface area (TPSA) is 26.9 Å². The molecule has 2 aromatic heterocycles. The molecule has 0 amide bonds. The van der Waals surface area contributed by atoms with E-state index in [1.54, 1.807) is 0 Å². The summed E-state index contributed by atoms with van der Waals surface area (Å²) < 4.78 is 20.9. The predicted octanol–water partition coefficient (Wildman–Crippen LogP) is 11.1. The molecule has 0 bridgehead atoms. The smallest absolute Gasteiger partial charge is 0.269 e. The van der Waals surface area contributed by atoms with Crippen LogP contribution in [0.4, 0.5) is 0 Å². The highest BCUT2D eigenvalue weighted by Crippen LogP contribution is 2.62. The molecule has 0 fully saturated rings. The van der Waals surface area contributed by atoms with E-state index in [-0.39, 0.29) is 0 Å². The molecular formula is C42H27N2OP. The Morgan fingerprint density at radius 3 is 1.17 bits per heavy atom. The Kier molecular flexibility index (Phi) is 5.27. The van der Waals surface area contributed by atoms with Crippen molar-refractivity contribution in [2.75, 3.05) is 0 Å². The van der Waals surface area contributed by atoms with E-state index in [4.69, 9.17) is 0 Å². The molecule has 0 N–H and O–H groups in total. The van der Waals surface area contributed by atoms with E-state index < -0.39 is 7.44 Å². The monoisotopic (exact) mass is 606 g/mol. The molecule has 7 aromatic carbocycles. The molecule has 46 heavy (non-hydrogen) atoms. The summed E-state index contributed by atoms with van der Waals surface area (Å²) in [5.74, 6) is 0. The van der Waals surface area contributed by atoms with Crippen molar-refractivity contribution < 1.29 is 4.57 Å². The molecule has 10 rings (SSSR count). The molecule has 3 heterocycles. The normalized spacial score (nSPS) is 13.5. The van der Waals surface area contributed by atoms with Crippen LogP contribution >= 0.6 is 7.44 Å². The van der Waals surface area contributed by atoms with Gasteiger partial charge >= 0.3 is 7.44 Å². The minimum Gasteiger partial charge on any atom is -0.269 e. The summed E-state index contributed by atoms with van der Waals surface area (Å²) in [5.41, 5.74) is 8.23. The van der Waals surface area contributed by atoms with E-state index in [0.29, 0.717) is 0 Å². The average Bonchev–Trinajstić information content (AvgIpc) is 3.75. The van der Waals surface area contributed by atoms with Crippen LogP contribution in [0, 0.1) is 0 Å². The lowest BCUT2D eigenvalue weighted by Crippen LogP contribution is -2.15. The number of hydrogen-bond donors (Lipinski definition) is 0. The van der Waals surface area contributed by atoms with E-state index in [2.05, 4.69) is 160 Å². The van der Waals surface area contributed by atoms with Crippen molar-refractivity contribution in [3.05, 3.63) is 164 Å². The van der Waals surface area contributed by atoms with Crippen LogP contribution in [0.15, 0.2) is 164 Å². The third-order valence-electron chi connectivity index (χ3n) is 9.56. The zero-order chi connectivity index (χ0) is 30.4. The summed E-state index contributed by atoms with van der Waals surface area (Å²) >= 11 is 0. The Labute approximate surface area is 266 Å². The standard InChI is InChI=1S/C42H27N2OP/c45-46(38-22-34(28-11-3-1-4-12-28)21-35(23-38)29-13-5-2-6-14-29)43-39-24-32-17-9-7-15-30(32)19-36(39)26-41(43)42-27-37-20-31-16-8-10-18-33(31)25-40(37)44(42)46/h1-27H. The first-order chi connectivity index (χ1) is 22.6. The second-order valence-electron chi connectivity index (χ2n) is 12.2. The molecule has 1 aliphatic rings. The van der Waals surface area contributed by atoms with Gasteiger partial charge in [0.2, 0.25) is 0 Å². The quantitative estimate of drug-likeness (QED) is 0.184. The lowest BCUT2D eigenvalue weighted by Gasteiger charge is -2.22. The first-order valence-corrected chi connectivity index (χ1v) is 17.2. The van der Waals surface area contributed by atoms with Gasteiger partial charge in [-0.15, -0.1) is 0 Å². The molecule has 0 saturated carbocycles. The number of benzene rings is 7. The maximum absolute atomic E-state index is 16.6. The molecule has 1 aliphatic heterocycles. The Morgan fingerprint density at radius 1 is 0.348 bits per heavy atom. The van der Waals surface area contributed by atoms with Crippen LogP contribution in [0.2, 0.25) is 0 Å². The summed E-state index contributed by atoms with van der Waals surface area (Å²) in [6, 6.07) is 57.6. The average molecular weight is 607 g/mol. The molecule has 0 radical (unpaired) electrons. The Morgan fingerprint density at radius 2 is 0.739 bits per heavy atom. The highest BCUT2D eigenvalue weighted by atomic mass is 31.2. The fraction of sp³-hybridized carbons (Fsp3) is 0. The van der Waals surface area contributed by atoms with Gasteiger partial charge in [-0.3, -0.25) is 13.2 Å². The predicted molar refractivity (Wildman–Crippen MR) is 193 cm³/mol. The maximum Gasteiger partial charge on any atom is 0.301 e. The number of aromatic nitrogens is 2. The van der Waals surface area contributed by atoms with Gasteiger partial charge in [0.15, 0.2) is 0 Å². The number of nitrogens with zero attached hydrogens (tertiary/aromatic N) is 2. The second-order valence-corrected chi connectivity index (χ2v) is 14.6. The zero-order valence-corrected chi connectivity index (χ0v) is 25.7. The minimum absolute atomic E-state index is 0.809. The largest absolute Gasteiger partial charge is 0.301 e. The first kappa shape index (κ1) is 25.7. The highest BCUT2D eigenvalue weighted by Gasteiger charge is 2.43. The van der Waals surface area contributed by atoms with Gasteiger partial charge in [0.05, 0.1) is 27.7 Å². The SMILES string of the molecule is O=P1(c2cc(-c3ccccc3)cc(-c3ccccc3)c2)n2c(cc3cc4ccccc4cc32)-c2cc3cc4ccccc4cc3n21. The van der Waals surface area contributed by atoms with Crippen molar-refractivity contribution in [1.82, 2.24) is 8.68 Å². The zero-order valence-electron chi connectivity index (χ0n) is 24.8. The molecule has 0 spiro atoms. The maximum atomic E-state index is 16.6. The summed E-state index contributed by atoms with van der Waals surface area (Å²) in [6.07, 6.45) is 0. The van der Waals surface area contributed by atoms with Crippen molar-refractivity contribution in [2.24, 2.45) is 0 Å². The molecule has 0 saturated heterocycles. The Bertz CT molecular complexity index is 2540. The third kappa shape index (κ3) is 3.58. The van der Waals surface area contributed by atoms with E-state index in [0.717, 1.165) is 71.5 Å². The van der Waals surface area contributed by atoms with Crippen LogP contribution < -0.4 is 5.30 Å². The van der Waals surface area contributed by atoms with Gasteiger partial charge in [-0.25, -0.2) is 0 Å². The Hall–Kier alpha value is -5.63. The van der Waals surface area contributed by atoms with Gasteiger partial charge in [0, 0.05) is 10.8 Å². The molecule has 0 aliphatic carbocycles. The van der Waals surface area contributed by atoms with E-state index in [1.165, 1.54) is 10.8 Å². The lowest BCUT2D eigenvalue weighted by molar-refractivity contribution is 0.574. The molecule has 0 atom stereocenters. The number of rotatable bonds is 3. The van der Waals surface area contributed by atoms with E-state index >= 15 is 4.57 Å². The third-order valence-corrected chi connectivity index (χ3v) is 12.4. The fourth-order valence-electron chi connectivity index (χ4n) is 7.41. The van der Waals surface area contributed by atoms with E-state index in [1.807, 2.05) is 12.1 Å². The van der Waals surface area contributed by atoms with Crippen molar-refractivity contribution in [1.29, 1.82) is 0 Å². The van der Waals surface area contributed by atoms with Crippen LogP contribution in [0.1, 0.15) is 0 Å². The van der Waals surface area contributed by atoms with Gasteiger partial charge in [-0.05, 0) is 98.4 Å². The summed E-state index contributed by atoms with van der Waals surface area (Å²) in [6.45, 7) is 0. The van der Waals surface area contributed by atoms with Crippen molar-refractivity contribution in [3.63, 3.8) is 0 Å². The lowest BCUT2D eigenvalue weighted by atomic mass is 9.99. The van der Waals surface area contributed by atoms with Gasteiger partial charge in [-0.2, -0.15) is 0 Å². The van der Waals surface area contributed by atoms with Gasteiger partial charge in [0.25, 0.3) is 0 Å². The molecular weight excluding hydrogens is 579 g/mol. The molecule has 9 aromatic rings. The minimum atomic E-state index is -3.52. The second kappa shape index (κ2) is 9.44. The summed E-state index contributed by atoms with van der Waals surface area (Å²) in [4.78, 5) is 0. The molecule has 0 unspecified atom stereocenters. The van der Waals surface area contributed by atoms with Crippen molar-refractivity contribution in [3.8, 4) is 33.6 Å². The van der Waals surface area contributed by atoms with Crippen LogP contribution in [0.3, 0.4) is 0 Å². The molecule has 4 heteroatoms.